The monoisotopic (exact) mass is 386 g/mol. The molecule has 2 aromatic rings. The summed E-state index contributed by atoms with van der Waals surface area (Å²) >= 11 is 0. The highest BCUT2D eigenvalue weighted by Crippen LogP contribution is 2.30. The van der Waals surface area contributed by atoms with Gasteiger partial charge in [0.15, 0.2) is 11.6 Å². The number of ether oxygens (including phenoxy) is 1. The fraction of sp³-hybridized carbons (Fsp3) is 0.526. The Morgan fingerprint density at radius 1 is 1.26 bits per heavy atom. The summed E-state index contributed by atoms with van der Waals surface area (Å²) in [6.45, 7) is 2.81. The Morgan fingerprint density at radius 2 is 1.96 bits per heavy atom. The molecule has 1 N–H and O–H groups in total. The fourth-order valence-electron chi connectivity index (χ4n) is 3.45. The number of benzene rings is 1. The van der Waals surface area contributed by atoms with Gasteiger partial charge < -0.3 is 14.6 Å². The van der Waals surface area contributed by atoms with Gasteiger partial charge in [-0.25, -0.2) is 4.39 Å². The summed E-state index contributed by atoms with van der Waals surface area (Å²) in [4.78, 5) is 16.3. The number of nitrogens with one attached hydrogen (secondary N) is 1. The molecule has 8 heteroatoms. The standard InChI is InChI=1S/C19H22F4N2O2/c1-2-12-11-24-18(26)14-3-4-15(17(20)16(12)14)27-13-5-8-25(9-6-13)10-7-19(21,22)23/h3-4,11,13H,2,5-10H2,1H3,(H,24,26). The highest BCUT2D eigenvalue weighted by Gasteiger charge is 2.29. The topological polar surface area (TPSA) is 45.3 Å². The molecule has 0 aliphatic carbocycles. The van der Waals surface area contributed by atoms with E-state index in [2.05, 4.69) is 4.98 Å². The van der Waals surface area contributed by atoms with E-state index in [-0.39, 0.29) is 34.7 Å². The van der Waals surface area contributed by atoms with E-state index in [0.29, 0.717) is 37.9 Å². The highest BCUT2D eigenvalue weighted by atomic mass is 19.4. The lowest BCUT2D eigenvalue weighted by atomic mass is 10.0. The van der Waals surface area contributed by atoms with Crippen LogP contribution < -0.4 is 10.3 Å². The van der Waals surface area contributed by atoms with Crippen molar-refractivity contribution < 1.29 is 22.3 Å². The molecule has 148 valence electrons. The van der Waals surface area contributed by atoms with E-state index < -0.39 is 18.4 Å². The number of pyridine rings is 1. The van der Waals surface area contributed by atoms with Gasteiger partial charge in [0.25, 0.3) is 5.56 Å². The van der Waals surface area contributed by atoms with E-state index in [1.807, 2.05) is 6.92 Å². The van der Waals surface area contributed by atoms with Crippen molar-refractivity contribution in [2.24, 2.45) is 0 Å². The number of aryl methyl sites for hydroxylation is 1. The molecule has 1 aromatic carbocycles. The molecule has 4 nitrogen and oxygen atoms in total. The average Bonchev–Trinajstić information content (AvgIpc) is 2.63. The third kappa shape index (κ3) is 4.61. The molecule has 0 saturated carbocycles. The molecule has 0 bridgehead atoms. The van der Waals surface area contributed by atoms with Crippen molar-refractivity contribution in [2.75, 3.05) is 19.6 Å². The van der Waals surface area contributed by atoms with Crippen LogP contribution in [0.3, 0.4) is 0 Å². The highest BCUT2D eigenvalue weighted by molar-refractivity contribution is 5.86. The van der Waals surface area contributed by atoms with Crippen LogP contribution in [0.1, 0.15) is 31.7 Å². The van der Waals surface area contributed by atoms with Crippen molar-refractivity contribution in [1.29, 1.82) is 0 Å². The average molecular weight is 386 g/mol. The summed E-state index contributed by atoms with van der Waals surface area (Å²) in [7, 11) is 0. The van der Waals surface area contributed by atoms with Gasteiger partial charge in [-0.2, -0.15) is 13.2 Å². The molecule has 0 atom stereocenters. The van der Waals surface area contributed by atoms with Gasteiger partial charge in [0.05, 0.1) is 11.8 Å². The van der Waals surface area contributed by atoms with Crippen LogP contribution in [-0.2, 0) is 6.42 Å². The first-order chi connectivity index (χ1) is 12.8. The zero-order chi connectivity index (χ0) is 19.6. The first-order valence-corrected chi connectivity index (χ1v) is 9.07. The number of aromatic amines is 1. The molecular weight excluding hydrogens is 364 g/mol. The molecule has 1 fully saturated rings. The molecule has 0 amide bonds. The second-order valence-electron chi connectivity index (χ2n) is 6.82. The molecule has 1 saturated heterocycles. The van der Waals surface area contributed by atoms with Crippen molar-refractivity contribution in [2.45, 2.75) is 44.9 Å². The van der Waals surface area contributed by atoms with Crippen LogP contribution in [0.25, 0.3) is 10.8 Å². The number of halogens is 4. The SMILES string of the molecule is CCc1c[nH]c(=O)c2ccc(OC3CCN(CCC(F)(F)F)CC3)c(F)c12. The van der Waals surface area contributed by atoms with Crippen molar-refractivity contribution in [3.8, 4) is 5.75 Å². The van der Waals surface area contributed by atoms with Crippen LogP contribution in [0.5, 0.6) is 5.75 Å². The minimum absolute atomic E-state index is 0.0246. The number of likely N-dealkylation sites (tertiary alicyclic amines) is 1. The van der Waals surface area contributed by atoms with Crippen molar-refractivity contribution in [3.63, 3.8) is 0 Å². The van der Waals surface area contributed by atoms with Crippen LogP contribution in [0, 0.1) is 5.82 Å². The minimum Gasteiger partial charge on any atom is -0.487 e. The van der Waals surface area contributed by atoms with Crippen molar-refractivity contribution in [1.82, 2.24) is 9.88 Å². The second-order valence-corrected chi connectivity index (χ2v) is 6.82. The quantitative estimate of drug-likeness (QED) is 0.790. The molecule has 0 radical (unpaired) electrons. The van der Waals surface area contributed by atoms with E-state index in [1.54, 1.807) is 11.0 Å². The maximum Gasteiger partial charge on any atom is 0.390 e. The second kappa shape index (κ2) is 7.88. The predicted molar refractivity (Wildman–Crippen MR) is 94.7 cm³/mol. The summed E-state index contributed by atoms with van der Waals surface area (Å²) in [5.41, 5.74) is 0.333. The number of piperidine rings is 1. The number of H-pyrrole nitrogens is 1. The number of fused-ring (bicyclic) bond motifs is 1. The number of nitrogens with zero attached hydrogens (tertiary/aromatic N) is 1. The minimum atomic E-state index is -4.16. The molecule has 3 rings (SSSR count). The number of alkyl halides is 3. The summed E-state index contributed by atoms with van der Waals surface area (Å²) < 4.78 is 57.7. The molecule has 1 aliphatic rings. The van der Waals surface area contributed by atoms with Gasteiger partial charge in [0.2, 0.25) is 0 Å². The van der Waals surface area contributed by atoms with Gasteiger partial charge in [0, 0.05) is 31.2 Å². The summed E-state index contributed by atoms with van der Waals surface area (Å²) in [5, 5.41) is 0.544. The Morgan fingerprint density at radius 3 is 2.59 bits per heavy atom. The van der Waals surface area contributed by atoms with Gasteiger partial charge in [-0.1, -0.05) is 6.92 Å². The van der Waals surface area contributed by atoms with Crippen molar-refractivity contribution >= 4 is 10.8 Å². The van der Waals surface area contributed by atoms with E-state index in [9.17, 15) is 22.4 Å². The molecule has 1 aromatic heterocycles. The maximum absolute atomic E-state index is 15.0. The van der Waals surface area contributed by atoms with Crippen LogP contribution in [0.15, 0.2) is 23.1 Å². The smallest absolute Gasteiger partial charge is 0.390 e. The van der Waals surface area contributed by atoms with Crippen LogP contribution in [0.4, 0.5) is 17.6 Å². The normalized spacial score (nSPS) is 16.8. The Bertz CT molecular complexity index is 855. The molecular formula is C19H22F4N2O2. The van der Waals surface area contributed by atoms with E-state index in [4.69, 9.17) is 4.74 Å². The molecule has 2 heterocycles. The third-order valence-corrected chi connectivity index (χ3v) is 4.97. The molecule has 1 aliphatic heterocycles. The molecule has 0 unspecified atom stereocenters. The van der Waals surface area contributed by atoms with Gasteiger partial charge in [0.1, 0.15) is 6.10 Å². The lowest BCUT2D eigenvalue weighted by molar-refractivity contribution is -0.138. The summed E-state index contributed by atoms with van der Waals surface area (Å²) in [5.74, 6) is -0.480. The summed E-state index contributed by atoms with van der Waals surface area (Å²) in [6.07, 6.45) is -2.10. The fourth-order valence-corrected chi connectivity index (χ4v) is 3.45. The van der Waals surface area contributed by atoms with Gasteiger partial charge in [-0.05, 0) is 37.0 Å². The number of aromatic nitrogens is 1. The zero-order valence-corrected chi connectivity index (χ0v) is 15.0. The van der Waals surface area contributed by atoms with Gasteiger partial charge >= 0.3 is 6.18 Å². The van der Waals surface area contributed by atoms with Crippen LogP contribution in [-0.4, -0.2) is 41.8 Å². The first-order valence-electron chi connectivity index (χ1n) is 9.07. The Hall–Kier alpha value is -2.09. The number of rotatable bonds is 5. The Kier molecular flexibility index (Phi) is 5.74. The van der Waals surface area contributed by atoms with Gasteiger partial charge in [-0.15, -0.1) is 0 Å². The van der Waals surface area contributed by atoms with Crippen LogP contribution >= 0.6 is 0 Å². The third-order valence-electron chi connectivity index (χ3n) is 4.97. The Balaban J connectivity index is 1.69. The largest absolute Gasteiger partial charge is 0.487 e. The lowest BCUT2D eigenvalue weighted by Crippen LogP contribution is -2.39. The number of hydrogen-bond acceptors (Lipinski definition) is 3. The zero-order valence-electron chi connectivity index (χ0n) is 15.0. The summed E-state index contributed by atoms with van der Waals surface area (Å²) in [6, 6.07) is 2.99. The van der Waals surface area contributed by atoms with E-state index in [0.717, 1.165) is 0 Å². The first kappa shape index (κ1) is 19.7. The van der Waals surface area contributed by atoms with Gasteiger partial charge in [-0.3, -0.25) is 4.79 Å². The van der Waals surface area contributed by atoms with E-state index >= 15 is 0 Å². The molecule has 27 heavy (non-hydrogen) atoms. The molecule has 0 spiro atoms. The maximum atomic E-state index is 15.0. The van der Waals surface area contributed by atoms with Crippen molar-refractivity contribution in [3.05, 3.63) is 40.1 Å². The van der Waals surface area contributed by atoms with E-state index in [1.165, 1.54) is 12.3 Å². The Labute approximate surface area is 154 Å². The predicted octanol–water partition coefficient (Wildman–Crippen LogP) is 4.03. The number of hydrogen-bond donors (Lipinski definition) is 1. The lowest BCUT2D eigenvalue weighted by Gasteiger charge is -2.32. The van der Waals surface area contributed by atoms with Crippen LogP contribution in [0.2, 0.25) is 0 Å².